The van der Waals surface area contributed by atoms with E-state index in [1.807, 2.05) is 18.2 Å². The predicted octanol–water partition coefficient (Wildman–Crippen LogP) is 3.42. The van der Waals surface area contributed by atoms with Crippen molar-refractivity contribution >= 4 is 28.2 Å². The molecule has 2 heterocycles. The normalized spacial score (nSPS) is 16.0. The van der Waals surface area contributed by atoms with Crippen molar-refractivity contribution in [3.05, 3.63) is 39.8 Å². The highest BCUT2D eigenvalue weighted by atomic mass is 32.1. The van der Waals surface area contributed by atoms with Gasteiger partial charge in [-0.3, -0.25) is 9.59 Å². The number of hydrogen-bond acceptors (Lipinski definition) is 6. The van der Waals surface area contributed by atoms with Crippen LogP contribution in [-0.2, 0) is 17.6 Å². The van der Waals surface area contributed by atoms with Crippen LogP contribution in [0.2, 0.25) is 0 Å². The number of fused-ring (bicyclic) bond motifs is 2. The summed E-state index contributed by atoms with van der Waals surface area (Å²) in [5, 5.41) is 6.82. The van der Waals surface area contributed by atoms with Crippen molar-refractivity contribution in [1.82, 2.24) is 5.32 Å². The zero-order chi connectivity index (χ0) is 22.0. The Kier molecular flexibility index (Phi) is 6.48. The van der Waals surface area contributed by atoms with Crippen LogP contribution in [0.1, 0.15) is 59.1 Å². The Balaban J connectivity index is 1.44. The summed E-state index contributed by atoms with van der Waals surface area (Å²) in [6.07, 6.45) is 3.67. The van der Waals surface area contributed by atoms with E-state index in [9.17, 15) is 9.59 Å². The molecule has 1 aromatic carbocycles. The first-order chi connectivity index (χ1) is 14.9. The Morgan fingerprint density at radius 1 is 1.13 bits per heavy atom. The molecule has 1 atom stereocenters. The number of hydrogen-bond donors (Lipinski definition) is 3. The third kappa shape index (κ3) is 4.70. The van der Waals surface area contributed by atoms with Crippen LogP contribution in [0.4, 0.5) is 5.00 Å². The maximum Gasteiger partial charge on any atom is 0.251 e. The van der Waals surface area contributed by atoms with Crippen LogP contribution < -0.4 is 25.8 Å². The Labute approximate surface area is 186 Å². The number of rotatable bonds is 7. The summed E-state index contributed by atoms with van der Waals surface area (Å²) < 4.78 is 11.5. The Morgan fingerprint density at radius 2 is 1.90 bits per heavy atom. The third-order valence-electron chi connectivity index (χ3n) is 5.70. The summed E-state index contributed by atoms with van der Waals surface area (Å²) in [4.78, 5) is 25.8. The second-order valence-electron chi connectivity index (χ2n) is 8.33. The number of anilines is 1. The van der Waals surface area contributed by atoms with Gasteiger partial charge in [0.25, 0.3) is 5.91 Å². The average molecular weight is 444 g/mol. The molecule has 0 saturated carbocycles. The van der Waals surface area contributed by atoms with Gasteiger partial charge in [-0.1, -0.05) is 19.9 Å². The number of amides is 2. The van der Waals surface area contributed by atoms with Crippen LogP contribution in [0.3, 0.4) is 0 Å². The fourth-order valence-electron chi connectivity index (χ4n) is 4.24. The van der Waals surface area contributed by atoms with Crippen molar-refractivity contribution in [3.8, 4) is 11.5 Å². The molecule has 2 aromatic rings. The van der Waals surface area contributed by atoms with E-state index in [4.69, 9.17) is 15.2 Å². The second-order valence-corrected chi connectivity index (χ2v) is 9.44. The van der Waals surface area contributed by atoms with Crippen molar-refractivity contribution in [2.24, 2.45) is 11.7 Å². The molecule has 0 bridgehead atoms. The van der Waals surface area contributed by atoms with Crippen LogP contribution in [0.25, 0.3) is 0 Å². The third-order valence-corrected chi connectivity index (χ3v) is 6.91. The molecule has 7 nitrogen and oxygen atoms in total. The maximum absolute atomic E-state index is 12.7. The number of benzene rings is 1. The van der Waals surface area contributed by atoms with E-state index >= 15 is 0 Å². The monoisotopic (exact) mass is 443 g/mol. The molecule has 1 aliphatic carbocycles. The quantitative estimate of drug-likeness (QED) is 0.608. The summed E-state index contributed by atoms with van der Waals surface area (Å²) in [5.74, 6) is 1.08. The van der Waals surface area contributed by atoms with E-state index in [2.05, 4.69) is 24.5 Å². The molecule has 0 fully saturated rings. The van der Waals surface area contributed by atoms with Gasteiger partial charge in [0.1, 0.15) is 5.00 Å². The molecular formula is C23H29N3O4S. The van der Waals surface area contributed by atoms with Gasteiger partial charge in [0.05, 0.1) is 25.3 Å². The smallest absolute Gasteiger partial charge is 0.251 e. The fraction of sp³-hybridized carbons (Fsp3) is 0.478. The topological polar surface area (TPSA) is 103 Å². The lowest BCUT2D eigenvalue weighted by Crippen LogP contribution is -2.34. The minimum Gasteiger partial charge on any atom is -0.490 e. The number of aryl methyl sites for hydroxylation is 1. The summed E-state index contributed by atoms with van der Waals surface area (Å²) in [6, 6.07) is 5.90. The number of nitrogens with two attached hydrogens (primary N) is 1. The van der Waals surface area contributed by atoms with Gasteiger partial charge in [-0.25, -0.2) is 0 Å². The van der Waals surface area contributed by atoms with Crippen LogP contribution in [0.5, 0.6) is 11.5 Å². The molecule has 0 radical (unpaired) electrons. The number of thiophene rings is 1. The second kappa shape index (κ2) is 9.28. The number of carbonyl (C=O) groups is 2. The molecule has 1 aliphatic heterocycles. The number of nitrogens with one attached hydrogen (secondary N) is 2. The molecule has 2 aliphatic rings. The van der Waals surface area contributed by atoms with E-state index in [1.54, 1.807) is 0 Å². The molecule has 0 saturated heterocycles. The van der Waals surface area contributed by atoms with Gasteiger partial charge in [-0.05, 0) is 48.4 Å². The lowest BCUT2D eigenvalue weighted by atomic mass is 9.95. The highest BCUT2D eigenvalue weighted by Crippen LogP contribution is 2.39. The maximum atomic E-state index is 12.7. The van der Waals surface area contributed by atoms with Gasteiger partial charge in [0.15, 0.2) is 11.5 Å². The number of carbonyl (C=O) groups excluding carboxylic acids is 2. The molecule has 0 spiro atoms. The van der Waals surface area contributed by atoms with Crippen molar-refractivity contribution in [2.45, 2.75) is 45.6 Å². The van der Waals surface area contributed by atoms with Crippen molar-refractivity contribution in [1.29, 1.82) is 0 Å². The van der Waals surface area contributed by atoms with Gasteiger partial charge < -0.3 is 25.8 Å². The zero-order valence-electron chi connectivity index (χ0n) is 18.0. The Hall–Kier alpha value is -2.58. The number of primary amides is 1. The molecule has 4 rings (SSSR count). The molecular weight excluding hydrogens is 414 g/mol. The van der Waals surface area contributed by atoms with Crippen molar-refractivity contribution in [2.75, 3.05) is 25.1 Å². The van der Waals surface area contributed by atoms with Gasteiger partial charge in [0, 0.05) is 17.3 Å². The summed E-state index contributed by atoms with van der Waals surface area (Å²) >= 11 is 1.47. The van der Waals surface area contributed by atoms with Crippen LogP contribution in [0, 0.1) is 5.92 Å². The summed E-state index contributed by atoms with van der Waals surface area (Å²) in [5.41, 5.74) is 8.12. The Morgan fingerprint density at radius 3 is 2.65 bits per heavy atom. The van der Waals surface area contributed by atoms with E-state index in [0.717, 1.165) is 53.2 Å². The van der Waals surface area contributed by atoms with Gasteiger partial charge in [0.2, 0.25) is 5.91 Å². The van der Waals surface area contributed by atoms with Crippen molar-refractivity contribution in [3.63, 3.8) is 0 Å². The first kappa shape index (κ1) is 21.6. The lowest BCUT2D eigenvalue weighted by molar-refractivity contribution is -0.115. The number of ether oxygens (including phenoxy) is 2. The molecule has 0 unspecified atom stereocenters. The average Bonchev–Trinajstić information content (AvgIpc) is 3.20. The largest absolute Gasteiger partial charge is 0.490 e. The fourth-order valence-corrected chi connectivity index (χ4v) is 5.55. The molecule has 166 valence electrons. The molecule has 31 heavy (non-hydrogen) atoms. The van der Waals surface area contributed by atoms with Crippen LogP contribution >= 0.6 is 11.3 Å². The van der Waals surface area contributed by atoms with E-state index in [0.29, 0.717) is 23.8 Å². The van der Waals surface area contributed by atoms with E-state index in [1.165, 1.54) is 11.3 Å². The summed E-state index contributed by atoms with van der Waals surface area (Å²) in [7, 11) is 0. The molecule has 4 N–H and O–H groups in total. The van der Waals surface area contributed by atoms with Crippen LogP contribution in [0.15, 0.2) is 18.2 Å². The minimum absolute atomic E-state index is 0.0353. The van der Waals surface area contributed by atoms with Gasteiger partial charge in [-0.15, -0.1) is 11.3 Å². The van der Waals surface area contributed by atoms with Crippen molar-refractivity contribution < 1.29 is 19.1 Å². The van der Waals surface area contributed by atoms with Crippen LogP contribution in [-0.4, -0.2) is 31.6 Å². The highest BCUT2D eigenvalue weighted by Gasteiger charge is 2.26. The first-order valence-electron chi connectivity index (χ1n) is 10.8. The molecule has 8 heteroatoms. The zero-order valence-corrected chi connectivity index (χ0v) is 18.8. The van der Waals surface area contributed by atoms with E-state index in [-0.39, 0.29) is 24.4 Å². The standard InChI is InChI=1S/C23H29N3O4S/c1-13(2)21(14-7-8-16-17(11-14)30-10-4-9-29-16)25-12-19(27)26-23-20(22(24)28)15-5-3-6-18(15)31-23/h7-8,11,13,21,25H,3-6,9-10,12H2,1-2H3,(H2,24,28)(H,26,27)/t21-/m1/s1. The summed E-state index contributed by atoms with van der Waals surface area (Å²) in [6.45, 7) is 5.61. The molecule has 2 amide bonds. The predicted molar refractivity (Wildman–Crippen MR) is 121 cm³/mol. The van der Waals surface area contributed by atoms with Gasteiger partial charge in [-0.2, -0.15) is 0 Å². The molecule has 1 aromatic heterocycles. The highest BCUT2D eigenvalue weighted by molar-refractivity contribution is 7.17. The first-order valence-corrected chi connectivity index (χ1v) is 11.6. The SMILES string of the molecule is CC(C)[C@@H](NCC(=O)Nc1sc2c(c1C(N)=O)CCC2)c1ccc2c(c1)OCCCO2. The lowest BCUT2D eigenvalue weighted by Gasteiger charge is -2.23. The Bertz CT molecular complexity index is 985. The van der Waals surface area contributed by atoms with E-state index < -0.39 is 5.91 Å². The van der Waals surface area contributed by atoms with Gasteiger partial charge >= 0.3 is 0 Å². The minimum atomic E-state index is -0.477.